The molecule has 0 bridgehead atoms. The van der Waals surface area contributed by atoms with Crippen LogP contribution in [0.15, 0.2) is 48.8 Å². The van der Waals surface area contributed by atoms with Crippen LogP contribution in [0.1, 0.15) is 44.1 Å². The molecule has 2 aromatic rings. The highest BCUT2D eigenvalue weighted by Crippen LogP contribution is 2.35. The SMILES string of the molecule is CC(=O)N(C[C@@H]1N[C@@H](CO)[C@@H]1c1ccc(-c2cccnc2)cc1)C1CCCC1. The van der Waals surface area contributed by atoms with E-state index in [1.165, 1.54) is 18.4 Å². The minimum Gasteiger partial charge on any atom is -0.395 e. The van der Waals surface area contributed by atoms with Crippen LogP contribution in [0.4, 0.5) is 0 Å². The fourth-order valence-electron chi connectivity index (χ4n) is 4.84. The van der Waals surface area contributed by atoms with E-state index in [1.807, 2.05) is 12.3 Å². The molecule has 3 atom stereocenters. The lowest BCUT2D eigenvalue weighted by Crippen LogP contribution is -2.65. The number of aliphatic hydroxyl groups excluding tert-OH is 1. The molecule has 1 aliphatic heterocycles. The summed E-state index contributed by atoms with van der Waals surface area (Å²) >= 11 is 0. The molecule has 0 unspecified atom stereocenters. The van der Waals surface area contributed by atoms with Gasteiger partial charge in [-0.2, -0.15) is 0 Å². The molecule has 2 N–H and O–H groups in total. The van der Waals surface area contributed by atoms with Gasteiger partial charge in [0.25, 0.3) is 0 Å². The molecule has 1 saturated heterocycles. The Labute approximate surface area is 166 Å². The van der Waals surface area contributed by atoms with Crippen molar-refractivity contribution in [3.8, 4) is 11.1 Å². The van der Waals surface area contributed by atoms with E-state index < -0.39 is 0 Å². The first-order valence-corrected chi connectivity index (χ1v) is 10.3. The molecular weight excluding hydrogens is 350 g/mol. The molecule has 5 nitrogen and oxygen atoms in total. The molecule has 2 heterocycles. The minimum absolute atomic E-state index is 0.0478. The zero-order chi connectivity index (χ0) is 19.5. The number of hydrogen-bond acceptors (Lipinski definition) is 4. The molecule has 1 aromatic carbocycles. The molecule has 2 aliphatic rings. The number of aromatic nitrogens is 1. The lowest BCUT2D eigenvalue weighted by atomic mass is 9.77. The Kier molecular flexibility index (Phi) is 5.74. The van der Waals surface area contributed by atoms with Crippen LogP contribution in [0.3, 0.4) is 0 Å². The maximum absolute atomic E-state index is 12.2. The molecular formula is C23H29N3O2. The van der Waals surface area contributed by atoms with Gasteiger partial charge in [-0.3, -0.25) is 9.78 Å². The van der Waals surface area contributed by atoms with Crippen molar-refractivity contribution in [2.45, 2.75) is 56.7 Å². The first-order valence-electron chi connectivity index (χ1n) is 10.3. The van der Waals surface area contributed by atoms with Crippen LogP contribution in [0, 0.1) is 0 Å². The Morgan fingerprint density at radius 2 is 1.89 bits per heavy atom. The number of benzene rings is 1. The molecule has 4 rings (SSSR count). The van der Waals surface area contributed by atoms with Crippen molar-refractivity contribution in [3.05, 3.63) is 54.4 Å². The highest BCUT2D eigenvalue weighted by molar-refractivity contribution is 5.73. The number of carbonyl (C=O) groups excluding carboxylic acids is 1. The second-order valence-corrected chi connectivity index (χ2v) is 8.06. The Bertz CT molecular complexity index is 787. The summed E-state index contributed by atoms with van der Waals surface area (Å²) in [6.45, 7) is 2.50. The van der Waals surface area contributed by atoms with E-state index in [0.29, 0.717) is 12.6 Å². The molecule has 1 aromatic heterocycles. The highest BCUT2D eigenvalue weighted by atomic mass is 16.3. The van der Waals surface area contributed by atoms with Crippen molar-refractivity contribution in [1.29, 1.82) is 0 Å². The molecule has 1 amide bonds. The number of nitrogens with zero attached hydrogens (tertiary/aromatic N) is 2. The van der Waals surface area contributed by atoms with Gasteiger partial charge in [0.15, 0.2) is 0 Å². The lowest BCUT2D eigenvalue weighted by molar-refractivity contribution is -0.132. The number of pyridine rings is 1. The van der Waals surface area contributed by atoms with Gasteiger partial charge < -0.3 is 15.3 Å². The van der Waals surface area contributed by atoms with Crippen molar-refractivity contribution in [1.82, 2.24) is 15.2 Å². The van der Waals surface area contributed by atoms with E-state index in [1.54, 1.807) is 13.1 Å². The van der Waals surface area contributed by atoms with E-state index in [2.05, 4.69) is 45.5 Å². The molecule has 0 spiro atoms. The van der Waals surface area contributed by atoms with Crippen LogP contribution in [-0.2, 0) is 4.79 Å². The van der Waals surface area contributed by atoms with Crippen molar-refractivity contribution >= 4 is 5.91 Å². The summed E-state index contributed by atoms with van der Waals surface area (Å²) < 4.78 is 0. The van der Waals surface area contributed by atoms with Crippen LogP contribution in [0.2, 0.25) is 0 Å². The smallest absolute Gasteiger partial charge is 0.219 e. The van der Waals surface area contributed by atoms with Crippen LogP contribution in [-0.4, -0.2) is 52.2 Å². The number of aliphatic hydroxyl groups is 1. The molecule has 5 heteroatoms. The summed E-state index contributed by atoms with van der Waals surface area (Å²) in [7, 11) is 0. The van der Waals surface area contributed by atoms with Gasteiger partial charge in [-0.05, 0) is 35.6 Å². The molecule has 1 aliphatic carbocycles. The Morgan fingerprint density at radius 3 is 2.50 bits per heavy atom. The van der Waals surface area contributed by atoms with Crippen molar-refractivity contribution < 1.29 is 9.90 Å². The standard InChI is InChI=1S/C23H29N3O2/c1-16(28)26(20-6-2-3-7-20)14-21-23(22(15-27)25-21)18-10-8-17(9-11-18)19-5-4-12-24-13-19/h4-5,8-13,20-23,25,27H,2-3,6-7,14-15H2,1H3/t21-,22-,23+/m0/s1. The predicted molar refractivity (Wildman–Crippen MR) is 110 cm³/mol. The first-order chi connectivity index (χ1) is 13.7. The molecule has 148 valence electrons. The Hall–Kier alpha value is -2.24. The fourth-order valence-corrected chi connectivity index (χ4v) is 4.84. The van der Waals surface area contributed by atoms with Crippen LogP contribution in [0.5, 0.6) is 0 Å². The van der Waals surface area contributed by atoms with E-state index in [0.717, 1.165) is 24.0 Å². The van der Waals surface area contributed by atoms with Crippen molar-refractivity contribution in [3.63, 3.8) is 0 Å². The third kappa shape index (κ3) is 3.82. The number of carbonyl (C=O) groups is 1. The number of nitrogens with one attached hydrogen (secondary N) is 1. The topological polar surface area (TPSA) is 65.5 Å². The van der Waals surface area contributed by atoms with E-state index in [-0.39, 0.29) is 30.5 Å². The van der Waals surface area contributed by atoms with Crippen molar-refractivity contribution in [2.75, 3.05) is 13.2 Å². The van der Waals surface area contributed by atoms with Crippen LogP contribution >= 0.6 is 0 Å². The first kappa shape index (κ1) is 19.1. The summed E-state index contributed by atoms with van der Waals surface area (Å²) in [6.07, 6.45) is 8.29. The van der Waals surface area contributed by atoms with E-state index >= 15 is 0 Å². The van der Waals surface area contributed by atoms with Gasteiger partial charge >= 0.3 is 0 Å². The van der Waals surface area contributed by atoms with E-state index in [4.69, 9.17) is 0 Å². The number of amides is 1. The monoisotopic (exact) mass is 379 g/mol. The maximum Gasteiger partial charge on any atom is 0.219 e. The maximum atomic E-state index is 12.2. The minimum atomic E-state index is 0.0478. The third-order valence-corrected chi connectivity index (χ3v) is 6.35. The van der Waals surface area contributed by atoms with Gasteiger partial charge in [-0.15, -0.1) is 0 Å². The molecule has 2 fully saturated rings. The number of hydrogen-bond donors (Lipinski definition) is 2. The summed E-state index contributed by atoms with van der Waals surface area (Å²) in [5.74, 6) is 0.378. The quantitative estimate of drug-likeness (QED) is 0.810. The van der Waals surface area contributed by atoms with Gasteiger partial charge in [0.2, 0.25) is 5.91 Å². The van der Waals surface area contributed by atoms with Gasteiger partial charge in [-0.1, -0.05) is 43.2 Å². The molecule has 0 radical (unpaired) electrons. The normalized spacial score (nSPS) is 24.7. The third-order valence-electron chi connectivity index (χ3n) is 6.35. The molecule has 1 saturated carbocycles. The lowest BCUT2D eigenvalue weighted by Gasteiger charge is -2.48. The molecule has 28 heavy (non-hydrogen) atoms. The largest absolute Gasteiger partial charge is 0.395 e. The number of rotatable bonds is 6. The van der Waals surface area contributed by atoms with Crippen LogP contribution in [0.25, 0.3) is 11.1 Å². The van der Waals surface area contributed by atoms with Gasteiger partial charge in [-0.25, -0.2) is 0 Å². The predicted octanol–water partition coefficient (Wildman–Crippen LogP) is 2.96. The average molecular weight is 380 g/mol. The summed E-state index contributed by atoms with van der Waals surface area (Å²) in [4.78, 5) is 18.5. The summed E-state index contributed by atoms with van der Waals surface area (Å²) in [5.41, 5.74) is 3.45. The van der Waals surface area contributed by atoms with Crippen LogP contribution < -0.4 is 5.32 Å². The zero-order valence-electron chi connectivity index (χ0n) is 16.4. The fraction of sp³-hybridized carbons (Fsp3) is 0.478. The van der Waals surface area contributed by atoms with Crippen molar-refractivity contribution in [2.24, 2.45) is 0 Å². The van der Waals surface area contributed by atoms with E-state index in [9.17, 15) is 9.90 Å². The van der Waals surface area contributed by atoms with Gasteiger partial charge in [0.1, 0.15) is 0 Å². The Balaban J connectivity index is 1.50. The second-order valence-electron chi connectivity index (χ2n) is 8.06. The Morgan fingerprint density at radius 1 is 1.14 bits per heavy atom. The van der Waals surface area contributed by atoms with Gasteiger partial charge in [0.05, 0.1) is 6.61 Å². The summed E-state index contributed by atoms with van der Waals surface area (Å²) in [6, 6.07) is 13.1. The summed E-state index contributed by atoms with van der Waals surface area (Å²) in [5, 5.41) is 13.3. The second kappa shape index (κ2) is 8.41. The van der Waals surface area contributed by atoms with Gasteiger partial charge in [0, 0.05) is 49.9 Å². The zero-order valence-corrected chi connectivity index (χ0v) is 16.4. The average Bonchev–Trinajstić information content (AvgIpc) is 3.23. The highest BCUT2D eigenvalue weighted by Gasteiger charge is 2.43.